The third kappa shape index (κ3) is 3.37. The Labute approximate surface area is 113 Å². The topological polar surface area (TPSA) is 87.7 Å². The van der Waals surface area contributed by atoms with Gasteiger partial charge >= 0.3 is 16.3 Å². The molecular formula is C11H21N3O4S. The van der Waals surface area contributed by atoms with Crippen LogP contribution in [0.25, 0.3) is 0 Å². The summed E-state index contributed by atoms with van der Waals surface area (Å²) in [5, 5.41) is 3.35. The minimum absolute atomic E-state index is 0.0709. The van der Waals surface area contributed by atoms with Crippen LogP contribution in [0.5, 0.6) is 0 Å². The summed E-state index contributed by atoms with van der Waals surface area (Å²) >= 11 is 0. The molecule has 7 nitrogen and oxygen atoms in total. The Morgan fingerprint density at radius 3 is 2.74 bits per heavy atom. The molecule has 0 aromatic heterocycles. The number of piperidine rings is 1. The molecule has 0 saturated carbocycles. The van der Waals surface area contributed by atoms with Crippen LogP contribution < -0.4 is 10.0 Å². The summed E-state index contributed by atoms with van der Waals surface area (Å²) in [5.74, 6) is 0. The van der Waals surface area contributed by atoms with Gasteiger partial charge in [0.05, 0.1) is 7.11 Å². The lowest BCUT2D eigenvalue weighted by molar-refractivity contribution is 0.173. The van der Waals surface area contributed by atoms with Crippen molar-refractivity contribution in [3.8, 4) is 0 Å². The Hall–Kier alpha value is -0.860. The minimum Gasteiger partial charge on any atom is -0.452 e. The van der Waals surface area contributed by atoms with E-state index < -0.39 is 16.3 Å². The lowest BCUT2D eigenvalue weighted by atomic mass is 9.97. The molecule has 0 aliphatic carbocycles. The highest BCUT2D eigenvalue weighted by atomic mass is 32.2. The molecule has 0 bridgehead atoms. The van der Waals surface area contributed by atoms with Crippen LogP contribution in [-0.4, -0.2) is 51.1 Å². The number of carbonyl (C=O) groups excluding carboxylic acids is 1. The van der Waals surface area contributed by atoms with E-state index in [0.29, 0.717) is 6.54 Å². The van der Waals surface area contributed by atoms with Crippen LogP contribution in [0.2, 0.25) is 0 Å². The van der Waals surface area contributed by atoms with E-state index in [9.17, 15) is 13.2 Å². The molecule has 19 heavy (non-hydrogen) atoms. The van der Waals surface area contributed by atoms with Crippen molar-refractivity contribution in [1.82, 2.24) is 14.3 Å². The van der Waals surface area contributed by atoms with E-state index in [0.717, 1.165) is 45.8 Å². The van der Waals surface area contributed by atoms with Crippen molar-refractivity contribution in [2.24, 2.45) is 0 Å². The molecule has 2 atom stereocenters. The van der Waals surface area contributed by atoms with E-state index in [2.05, 4.69) is 10.1 Å². The molecule has 2 heterocycles. The maximum atomic E-state index is 12.2. The predicted octanol–water partition coefficient (Wildman–Crippen LogP) is 0.194. The maximum absolute atomic E-state index is 12.2. The van der Waals surface area contributed by atoms with Gasteiger partial charge in [0, 0.05) is 18.6 Å². The van der Waals surface area contributed by atoms with Crippen molar-refractivity contribution >= 4 is 16.3 Å². The van der Waals surface area contributed by atoms with E-state index in [1.54, 1.807) is 0 Å². The molecular weight excluding hydrogens is 270 g/mol. The molecule has 110 valence electrons. The highest BCUT2D eigenvalue weighted by molar-refractivity contribution is 7.87. The summed E-state index contributed by atoms with van der Waals surface area (Å²) < 4.78 is 32.1. The first kappa shape index (κ1) is 14.5. The van der Waals surface area contributed by atoms with Gasteiger partial charge in [0.2, 0.25) is 0 Å². The van der Waals surface area contributed by atoms with Gasteiger partial charge in [0.15, 0.2) is 0 Å². The van der Waals surface area contributed by atoms with Crippen LogP contribution in [0.4, 0.5) is 4.79 Å². The molecule has 2 aliphatic heterocycles. The fourth-order valence-corrected chi connectivity index (χ4v) is 4.27. The largest absolute Gasteiger partial charge is 0.452 e. The molecule has 2 fully saturated rings. The molecule has 0 spiro atoms. The van der Waals surface area contributed by atoms with E-state index >= 15 is 0 Å². The van der Waals surface area contributed by atoms with Crippen molar-refractivity contribution in [3.63, 3.8) is 0 Å². The Kier molecular flexibility index (Phi) is 4.64. The summed E-state index contributed by atoms with van der Waals surface area (Å²) in [6.45, 7) is 1.38. The first-order valence-corrected chi connectivity index (χ1v) is 8.09. The van der Waals surface area contributed by atoms with Crippen LogP contribution in [0.15, 0.2) is 0 Å². The highest BCUT2D eigenvalue weighted by Gasteiger charge is 2.38. The van der Waals surface area contributed by atoms with Gasteiger partial charge in [-0.15, -0.1) is 0 Å². The quantitative estimate of drug-likeness (QED) is 0.775. The van der Waals surface area contributed by atoms with Gasteiger partial charge in [-0.1, -0.05) is 6.42 Å². The predicted molar refractivity (Wildman–Crippen MR) is 69.8 cm³/mol. The van der Waals surface area contributed by atoms with E-state index in [4.69, 9.17) is 0 Å². The number of methoxy groups -OCH3 is 1. The lowest BCUT2D eigenvalue weighted by Gasteiger charge is -2.37. The normalized spacial score (nSPS) is 29.1. The first-order chi connectivity index (χ1) is 9.04. The molecule has 0 aromatic rings. The zero-order valence-electron chi connectivity index (χ0n) is 11.1. The van der Waals surface area contributed by atoms with Crippen LogP contribution in [0, 0.1) is 0 Å². The molecule has 2 aliphatic rings. The second-order valence-electron chi connectivity index (χ2n) is 4.98. The maximum Gasteiger partial charge on any atom is 0.421 e. The summed E-state index contributed by atoms with van der Waals surface area (Å²) in [6.07, 6.45) is 3.79. The number of nitrogens with one attached hydrogen (secondary N) is 2. The standard InChI is InChI=1S/C11H21N3O4S/c1-18-11(15)13-19(16,17)14-8-3-2-6-10(14)9-5-4-7-12-9/h9-10,12H,2-8H2,1H3,(H,13,15). The van der Waals surface area contributed by atoms with Gasteiger partial charge in [-0.25, -0.2) is 9.52 Å². The third-order valence-electron chi connectivity index (χ3n) is 3.77. The van der Waals surface area contributed by atoms with Gasteiger partial charge in [-0.3, -0.25) is 0 Å². The minimum atomic E-state index is -3.81. The summed E-state index contributed by atoms with van der Waals surface area (Å²) in [7, 11) is -2.66. The van der Waals surface area contributed by atoms with E-state index in [-0.39, 0.29) is 12.1 Å². The Morgan fingerprint density at radius 2 is 2.11 bits per heavy atom. The summed E-state index contributed by atoms with van der Waals surface area (Å²) in [5.41, 5.74) is 0. The average molecular weight is 291 g/mol. The molecule has 0 aromatic carbocycles. The van der Waals surface area contributed by atoms with Crippen molar-refractivity contribution in [2.45, 2.75) is 44.2 Å². The monoisotopic (exact) mass is 291 g/mol. The number of amides is 1. The zero-order valence-corrected chi connectivity index (χ0v) is 11.9. The molecule has 2 N–H and O–H groups in total. The Morgan fingerprint density at radius 1 is 1.32 bits per heavy atom. The van der Waals surface area contributed by atoms with Gasteiger partial charge in [0.25, 0.3) is 0 Å². The van der Waals surface area contributed by atoms with E-state index in [1.807, 2.05) is 4.72 Å². The molecule has 2 unspecified atom stereocenters. The number of rotatable bonds is 3. The van der Waals surface area contributed by atoms with Crippen molar-refractivity contribution in [2.75, 3.05) is 20.2 Å². The number of carbonyl (C=O) groups is 1. The second-order valence-corrected chi connectivity index (χ2v) is 6.60. The zero-order chi connectivity index (χ0) is 13.9. The Balaban J connectivity index is 2.11. The van der Waals surface area contributed by atoms with E-state index in [1.165, 1.54) is 4.31 Å². The molecule has 0 radical (unpaired) electrons. The highest BCUT2D eigenvalue weighted by Crippen LogP contribution is 2.26. The van der Waals surface area contributed by atoms with Crippen molar-refractivity contribution in [3.05, 3.63) is 0 Å². The number of hydrogen-bond acceptors (Lipinski definition) is 5. The van der Waals surface area contributed by atoms with Gasteiger partial charge in [-0.2, -0.15) is 12.7 Å². The number of hydrogen-bond donors (Lipinski definition) is 2. The molecule has 2 saturated heterocycles. The smallest absolute Gasteiger partial charge is 0.421 e. The van der Waals surface area contributed by atoms with Gasteiger partial charge in [0.1, 0.15) is 0 Å². The average Bonchev–Trinajstić information content (AvgIpc) is 2.92. The SMILES string of the molecule is COC(=O)NS(=O)(=O)N1CCCCC1C1CCCN1. The van der Waals surface area contributed by atoms with Crippen LogP contribution >= 0.6 is 0 Å². The fourth-order valence-electron chi connectivity index (χ4n) is 2.88. The number of ether oxygens (including phenoxy) is 1. The van der Waals surface area contributed by atoms with Crippen molar-refractivity contribution in [1.29, 1.82) is 0 Å². The summed E-state index contributed by atoms with van der Waals surface area (Å²) in [4.78, 5) is 11.1. The van der Waals surface area contributed by atoms with Crippen LogP contribution in [0.3, 0.4) is 0 Å². The Bertz CT molecular complexity index is 420. The van der Waals surface area contributed by atoms with Gasteiger partial charge < -0.3 is 10.1 Å². The van der Waals surface area contributed by atoms with Gasteiger partial charge in [-0.05, 0) is 32.2 Å². The van der Waals surface area contributed by atoms with Crippen LogP contribution in [-0.2, 0) is 14.9 Å². The first-order valence-electron chi connectivity index (χ1n) is 6.65. The summed E-state index contributed by atoms with van der Waals surface area (Å²) in [6, 6.07) is 0.118. The molecule has 1 amide bonds. The molecule has 2 rings (SSSR count). The lowest BCUT2D eigenvalue weighted by Crippen LogP contribution is -2.56. The fraction of sp³-hybridized carbons (Fsp3) is 0.909. The van der Waals surface area contributed by atoms with Crippen molar-refractivity contribution < 1.29 is 17.9 Å². The third-order valence-corrected chi connectivity index (χ3v) is 5.26. The second kappa shape index (κ2) is 6.06. The number of nitrogens with zero attached hydrogens (tertiary/aromatic N) is 1. The van der Waals surface area contributed by atoms with Crippen LogP contribution in [0.1, 0.15) is 32.1 Å². The molecule has 8 heteroatoms.